The molecule has 0 heterocycles. The Morgan fingerprint density at radius 3 is 2.25 bits per heavy atom. The van der Waals surface area contributed by atoms with Gasteiger partial charge in [0, 0.05) is 18.1 Å². The van der Waals surface area contributed by atoms with Crippen LogP contribution in [0.4, 0.5) is 5.69 Å². The van der Waals surface area contributed by atoms with Crippen molar-refractivity contribution in [3.05, 3.63) is 64.7 Å². The third-order valence-electron chi connectivity index (χ3n) is 5.07. The number of likely N-dealkylation sites (N-methyl/N-ethyl adjacent to an activating group) is 1. The minimum atomic E-state index is -3.74. The maximum atomic E-state index is 13.3. The molecule has 174 valence electrons. The lowest BCUT2D eigenvalue weighted by Crippen LogP contribution is -2.51. The molecular weight excluding hydrogens is 450 g/mol. The van der Waals surface area contributed by atoms with E-state index in [-0.39, 0.29) is 12.5 Å². The topological polar surface area (TPSA) is 86.8 Å². The largest absolute Gasteiger partial charge is 0.355 e. The number of rotatable bonds is 10. The second kappa shape index (κ2) is 11.3. The van der Waals surface area contributed by atoms with Crippen molar-refractivity contribution in [2.75, 3.05) is 23.7 Å². The standard InChI is InChI=1S/C23H30ClN3O4S/c1-5-18-10-12-21(13-11-18)27(32(4,30)31)16-22(28)26(17(3)23(29)25-6-2)15-19-8-7-9-20(24)14-19/h7-14,17H,5-6,15-16H2,1-4H3,(H,25,29)/t17-/m0/s1. The highest BCUT2D eigenvalue weighted by Crippen LogP contribution is 2.20. The van der Waals surface area contributed by atoms with E-state index in [1.165, 1.54) is 4.90 Å². The van der Waals surface area contributed by atoms with Crippen LogP contribution >= 0.6 is 11.6 Å². The molecule has 7 nitrogen and oxygen atoms in total. The summed E-state index contributed by atoms with van der Waals surface area (Å²) >= 11 is 6.08. The number of halogens is 1. The van der Waals surface area contributed by atoms with Gasteiger partial charge >= 0.3 is 0 Å². The van der Waals surface area contributed by atoms with Crippen LogP contribution in [0, 0.1) is 0 Å². The molecule has 0 spiro atoms. The van der Waals surface area contributed by atoms with Gasteiger partial charge in [-0.2, -0.15) is 0 Å². The molecule has 9 heteroatoms. The average molecular weight is 480 g/mol. The summed E-state index contributed by atoms with van der Waals surface area (Å²) in [6.07, 6.45) is 1.87. The lowest BCUT2D eigenvalue weighted by molar-refractivity contribution is -0.139. The van der Waals surface area contributed by atoms with Gasteiger partial charge in [-0.1, -0.05) is 42.8 Å². The Morgan fingerprint density at radius 1 is 1.06 bits per heavy atom. The fraction of sp³-hybridized carbons (Fsp3) is 0.391. The van der Waals surface area contributed by atoms with Crippen molar-refractivity contribution in [1.82, 2.24) is 10.2 Å². The summed E-state index contributed by atoms with van der Waals surface area (Å²) in [6, 6.07) is 13.2. The highest BCUT2D eigenvalue weighted by Gasteiger charge is 2.29. The molecule has 2 amide bonds. The summed E-state index contributed by atoms with van der Waals surface area (Å²) in [5.41, 5.74) is 2.19. The number of amides is 2. The Balaban J connectivity index is 2.37. The minimum absolute atomic E-state index is 0.115. The predicted octanol–water partition coefficient (Wildman–Crippen LogP) is 3.22. The molecule has 32 heavy (non-hydrogen) atoms. The molecule has 1 atom stereocenters. The monoisotopic (exact) mass is 479 g/mol. The molecule has 0 aliphatic rings. The molecule has 0 saturated carbocycles. The first kappa shape index (κ1) is 25.7. The number of hydrogen-bond donors (Lipinski definition) is 1. The van der Waals surface area contributed by atoms with Gasteiger partial charge in [0.05, 0.1) is 11.9 Å². The maximum absolute atomic E-state index is 13.3. The van der Waals surface area contributed by atoms with Gasteiger partial charge in [0.25, 0.3) is 0 Å². The van der Waals surface area contributed by atoms with Crippen molar-refractivity contribution in [2.45, 2.75) is 39.8 Å². The Morgan fingerprint density at radius 2 is 1.72 bits per heavy atom. The number of carbonyl (C=O) groups is 2. The number of anilines is 1. The first-order valence-electron chi connectivity index (χ1n) is 10.4. The Kier molecular flexibility index (Phi) is 9.09. The van der Waals surface area contributed by atoms with Gasteiger partial charge in [0.1, 0.15) is 12.6 Å². The second-order valence-electron chi connectivity index (χ2n) is 7.51. The zero-order valence-electron chi connectivity index (χ0n) is 18.8. The molecule has 1 N–H and O–H groups in total. The first-order chi connectivity index (χ1) is 15.1. The predicted molar refractivity (Wildman–Crippen MR) is 128 cm³/mol. The molecule has 0 saturated heterocycles. The van der Waals surface area contributed by atoms with Gasteiger partial charge in [-0.05, 0) is 55.7 Å². The van der Waals surface area contributed by atoms with Crippen LogP contribution in [-0.4, -0.2) is 50.5 Å². The first-order valence-corrected chi connectivity index (χ1v) is 12.7. The molecule has 0 bridgehead atoms. The minimum Gasteiger partial charge on any atom is -0.355 e. The van der Waals surface area contributed by atoms with E-state index in [9.17, 15) is 18.0 Å². The molecule has 0 aliphatic heterocycles. The summed E-state index contributed by atoms with van der Waals surface area (Å²) in [4.78, 5) is 27.2. The molecule has 2 aromatic carbocycles. The van der Waals surface area contributed by atoms with Gasteiger partial charge < -0.3 is 10.2 Å². The van der Waals surface area contributed by atoms with Crippen LogP contribution in [-0.2, 0) is 32.6 Å². The molecule has 0 unspecified atom stereocenters. The highest BCUT2D eigenvalue weighted by atomic mass is 35.5. The second-order valence-corrected chi connectivity index (χ2v) is 9.85. The lowest BCUT2D eigenvalue weighted by atomic mass is 10.1. The number of benzene rings is 2. The van der Waals surface area contributed by atoms with Crippen molar-refractivity contribution < 1.29 is 18.0 Å². The quantitative estimate of drug-likeness (QED) is 0.566. The Labute approximate surface area is 195 Å². The van der Waals surface area contributed by atoms with E-state index < -0.39 is 28.5 Å². The number of nitrogens with one attached hydrogen (secondary N) is 1. The van der Waals surface area contributed by atoms with E-state index in [1.807, 2.05) is 19.1 Å². The van der Waals surface area contributed by atoms with Crippen LogP contribution in [0.3, 0.4) is 0 Å². The Hall–Kier alpha value is -2.58. The van der Waals surface area contributed by atoms with Crippen LogP contribution in [0.2, 0.25) is 5.02 Å². The third kappa shape index (κ3) is 6.97. The van der Waals surface area contributed by atoms with Crippen molar-refractivity contribution in [3.63, 3.8) is 0 Å². The van der Waals surface area contributed by atoms with Crippen LogP contribution in [0.5, 0.6) is 0 Å². The van der Waals surface area contributed by atoms with Gasteiger partial charge in [-0.3, -0.25) is 13.9 Å². The number of carbonyl (C=O) groups excluding carboxylic acids is 2. The van der Waals surface area contributed by atoms with Gasteiger partial charge in [-0.25, -0.2) is 8.42 Å². The fourth-order valence-electron chi connectivity index (χ4n) is 3.25. The molecular formula is C23H30ClN3O4S. The van der Waals surface area contributed by atoms with Gasteiger partial charge in [0.2, 0.25) is 21.8 Å². The average Bonchev–Trinajstić information content (AvgIpc) is 2.74. The fourth-order valence-corrected chi connectivity index (χ4v) is 4.31. The van der Waals surface area contributed by atoms with Crippen molar-refractivity contribution in [3.8, 4) is 0 Å². The summed E-state index contributed by atoms with van der Waals surface area (Å²) in [5.74, 6) is -0.810. The SMILES string of the molecule is CCNC(=O)[C@H](C)N(Cc1cccc(Cl)c1)C(=O)CN(c1ccc(CC)cc1)S(C)(=O)=O. The summed E-state index contributed by atoms with van der Waals surface area (Å²) in [5, 5.41) is 3.22. The van der Waals surface area contributed by atoms with Gasteiger partial charge in [0.15, 0.2) is 0 Å². The van der Waals surface area contributed by atoms with E-state index in [2.05, 4.69) is 5.32 Å². The number of aryl methyl sites for hydroxylation is 1. The number of nitrogens with zero attached hydrogens (tertiary/aromatic N) is 2. The number of sulfonamides is 1. The van der Waals surface area contributed by atoms with E-state index in [0.29, 0.717) is 17.3 Å². The van der Waals surface area contributed by atoms with Gasteiger partial charge in [-0.15, -0.1) is 0 Å². The van der Waals surface area contributed by atoms with Crippen LogP contribution in [0.25, 0.3) is 0 Å². The molecule has 0 radical (unpaired) electrons. The summed E-state index contributed by atoms with van der Waals surface area (Å²) in [7, 11) is -3.74. The van der Waals surface area contributed by atoms with E-state index >= 15 is 0 Å². The van der Waals surface area contributed by atoms with Crippen LogP contribution in [0.15, 0.2) is 48.5 Å². The smallest absolute Gasteiger partial charge is 0.244 e. The van der Waals surface area contributed by atoms with Crippen LogP contribution in [0.1, 0.15) is 31.9 Å². The molecule has 0 aliphatic carbocycles. The normalized spacial score (nSPS) is 12.2. The van der Waals surface area contributed by atoms with E-state index in [1.54, 1.807) is 50.2 Å². The maximum Gasteiger partial charge on any atom is 0.244 e. The molecule has 0 fully saturated rings. The highest BCUT2D eigenvalue weighted by molar-refractivity contribution is 7.92. The van der Waals surface area contributed by atoms with E-state index in [0.717, 1.165) is 28.1 Å². The summed E-state index contributed by atoms with van der Waals surface area (Å²) in [6.45, 7) is 5.52. The van der Waals surface area contributed by atoms with Crippen molar-refractivity contribution >= 4 is 39.1 Å². The molecule has 2 rings (SSSR count). The third-order valence-corrected chi connectivity index (χ3v) is 6.45. The molecule has 0 aromatic heterocycles. The summed E-state index contributed by atoms with van der Waals surface area (Å²) < 4.78 is 26.1. The lowest BCUT2D eigenvalue weighted by Gasteiger charge is -2.31. The van der Waals surface area contributed by atoms with E-state index in [4.69, 9.17) is 11.6 Å². The zero-order chi connectivity index (χ0) is 23.9. The Bertz CT molecular complexity index is 1040. The van der Waals surface area contributed by atoms with Crippen molar-refractivity contribution in [2.24, 2.45) is 0 Å². The van der Waals surface area contributed by atoms with Crippen molar-refractivity contribution in [1.29, 1.82) is 0 Å². The number of hydrogen-bond acceptors (Lipinski definition) is 4. The van der Waals surface area contributed by atoms with Crippen LogP contribution < -0.4 is 9.62 Å². The zero-order valence-corrected chi connectivity index (χ0v) is 20.4. The molecule has 2 aromatic rings.